The van der Waals surface area contributed by atoms with Gasteiger partial charge in [-0.15, -0.1) is 0 Å². The zero-order chi connectivity index (χ0) is 20.4. The van der Waals surface area contributed by atoms with Crippen molar-refractivity contribution in [2.75, 3.05) is 11.9 Å². The number of imidazole rings is 1. The number of rotatable bonds is 7. The minimum absolute atomic E-state index is 0.00196. The van der Waals surface area contributed by atoms with Crippen molar-refractivity contribution in [3.05, 3.63) is 53.3 Å². The molecule has 0 aliphatic heterocycles. The van der Waals surface area contributed by atoms with Crippen molar-refractivity contribution >= 4 is 44.3 Å². The fourth-order valence-electron chi connectivity index (χ4n) is 3.24. The molecule has 3 N–H and O–H groups in total. The molecule has 0 radical (unpaired) electrons. The van der Waals surface area contributed by atoms with E-state index in [0.717, 1.165) is 29.7 Å². The fourth-order valence-corrected chi connectivity index (χ4v) is 4.79. The summed E-state index contributed by atoms with van der Waals surface area (Å²) in [6.07, 6.45) is 3.56. The van der Waals surface area contributed by atoms with Crippen LogP contribution in [0.5, 0.6) is 0 Å². The van der Waals surface area contributed by atoms with E-state index >= 15 is 0 Å². The van der Waals surface area contributed by atoms with Crippen molar-refractivity contribution in [2.24, 2.45) is 0 Å². The quantitative estimate of drug-likeness (QED) is 0.528. The highest BCUT2D eigenvalue weighted by molar-refractivity contribution is 7.89. The summed E-state index contributed by atoms with van der Waals surface area (Å²) in [5.74, 6) is 1.22. The lowest BCUT2D eigenvalue weighted by molar-refractivity contribution is -0.116. The summed E-state index contributed by atoms with van der Waals surface area (Å²) < 4.78 is 27.0. The summed E-state index contributed by atoms with van der Waals surface area (Å²) in [5.41, 5.74) is 2.39. The molecule has 2 aromatic carbocycles. The fraction of sp³-hybridized carbons (Fsp3) is 0.300. The number of halogens is 1. The summed E-state index contributed by atoms with van der Waals surface area (Å²) >= 11 is 5.93. The van der Waals surface area contributed by atoms with Gasteiger partial charge in [0.15, 0.2) is 0 Å². The van der Waals surface area contributed by atoms with Crippen LogP contribution in [0, 0.1) is 0 Å². The predicted molar refractivity (Wildman–Crippen MR) is 113 cm³/mol. The SMILES string of the molecule is O=C(CCNS(=O)(=O)c1ccccc1Cl)Nc1ccc2nc(C3CCC3)[nH]c2c1. The highest BCUT2D eigenvalue weighted by Crippen LogP contribution is 2.35. The van der Waals surface area contributed by atoms with Gasteiger partial charge in [0.05, 0.1) is 16.1 Å². The topological polar surface area (TPSA) is 104 Å². The van der Waals surface area contributed by atoms with Gasteiger partial charge in [-0.3, -0.25) is 4.79 Å². The number of amides is 1. The highest BCUT2D eigenvalue weighted by Gasteiger charge is 2.22. The van der Waals surface area contributed by atoms with E-state index < -0.39 is 10.0 Å². The van der Waals surface area contributed by atoms with Gasteiger partial charge in [-0.1, -0.05) is 30.2 Å². The number of nitrogens with one attached hydrogen (secondary N) is 3. The molecule has 1 fully saturated rings. The van der Waals surface area contributed by atoms with E-state index in [1.54, 1.807) is 18.2 Å². The molecule has 4 rings (SSSR count). The Labute approximate surface area is 173 Å². The maximum Gasteiger partial charge on any atom is 0.242 e. The molecular weight excluding hydrogens is 412 g/mol. The number of anilines is 1. The second-order valence-corrected chi connectivity index (χ2v) is 9.25. The zero-order valence-corrected chi connectivity index (χ0v) is 17.2. The molecular formula is C20H21ClN4O3S. The van der Waals surface area contributed by atoms with Gasteiger partial charge in [0.1, 0.15) is 10.7 Å². The number of fused-ring (bicyclic) bond motifs is 1. The minimum Gasteiger partial charge on any atom is -0.342 e. The third-order valence-electron chi connectivity index (χ3n) is 5.05. The van der Waals surface area contributed by atoms with Crippen molar-refractivity contribution in [1.29, 1.82) is 0 Å². The van der Waals surface area contributed by atoms with Crippen molar-refractivity contribution in [2.45, 2.75) is 36.5 Å². The number of hydrogen-bond donors (Lipinski definition) is 3. The van der Waals surface area contributed by atoms with Crippen LogP contribution >= 0.6 is 11.6 Å². The molecule has 1 heterocycles. The Kier molecular flexibility index (Phi) is 5.58. The van der Waals surface area contributed by atoms with E-state index in [9.17, 15) is 13.2 Å². The first-order valence-corrected chi connectivity index (χ1v) is 11.3. The standard InChI is InChI=1S/C20H21ClN4O3S/c21-15-6-1-2-7-18(15)29(27,28)22-11-10-19(26)23-14-8-9-16-17(12-14)25-20(24-16)13-4-3-5-13/h1-2,6-9,12-13,22H,3-5,10-11H2,(H,23,26)(H,24,25). The Balaban J connectivity index is 1.34. The number of aromatic amines is 1. The number of H-pyrrole nitrogens is 1. The van der Waals surface area contributed by atoms with Gasteiger partial charge in [0, 0.05) is 24.6 Å². The third kappa shape index (κ3) is 4.44. The van der Waals surface area contributed by atoms with Gasteiger partial charge in [-0.2, -0.15) is 0 Å². The molecule has 1 amide bonds. The molecule has 29 heavy (non-hydrogen) atoms. The molecule has 0 atom stereocenters. The lowest BCUT2D eigenvalue weighted by atomic mass is 9.85. The molecule has 0 spiro atoms. The summed E-state index contributed by atoms with van der Waals surface area (Å²) in [7, 11) is -3.77. The van der Waals surface area contributed by atoms with E-state index in [0.29, 0.717) is 11.6 Å². The van der Waals surface area contributed by atoms with Crippen LogP contribution in [0.15, 0.2) is 47.4 Å². The Morgan fingerprint density at radius 3 is 2.72 bits per heavy atom. The average Bonchev–Trinajstić information content (AvgIpc) is 3.02. The number of hydrogen-bond acceptors (Lipinski definition) is 4. The molecule has 1 saturated carbocycles. The van der Waals surface area contributed by atoms with Gasteiger partial charge in [0.25, 0.3) is 0 Å². The number of carbonyl (C=O) groups excluding carboxylic acids is 1. The van der Waals surface area contributed by atoms with Crippen LogP contribution in [0.2, 0.25) is 5.02 Å². The molecule has 9 heteroatoms. The van der Waals surface area contributed by atoms with Crippen molar-refractivity contribution in [3.63, 3.8) is 0 Å². The first-order valence-electron chi connectivity index (χ1n) is 9.46. The minimum atomic E-state index is -3.77. The van der Waals surface area contributed by atoms with E-state index in [2.05, 4.69) is 20.0 Å². The molecule has 0 bridgehead atoms. The summed E-state index contributed by atoms with van der Waals surface area (Å²) in [4.78, 5) is 20.1. The first kappa shape index (κ1) is 19.9. The van der Waals surface area contributed by atoms with Crippen LogP contribution in [0.4, 0.5) is 5.69 Å². The van der Waals surface area contributed by atoms with E-state index in [4.69, 9.17) is 11.6 Å². The van der Waals surface area contributed by atoms with Crippen LogP contribution in [-0.4, -0.2) is 30.8 Å². The van der Waals surface area contributed by atoms with Gasteiger partial charge >= 0.3 is 0 Å². The van der Waals surface area contributed by atoms with E-state index in [1.807, 2.05) is 12.1 Å². The van der Waals surface area contributed by atoms with Gasteiger partial charge in [-0.05, 0) is 43.2 Å². The summed E-state index contributed by atoms with van der Waals surface area (Å²) in [5, 5.41) is 2.93. The van der Waals surface area contributed by atoms with E-state index in [1.165, 1.54) is 18.6 Å². The van der Waals surface area contributed by atoms with Gasteiger partial charge < -0.3 is 10.3 Å². The number of nitrogens with zero attached hydrogens (tertiary/aromatic N) is 1. The first-order chi connectivity index (χ1) is 13.9. The van der Waals surface area contributed by atoms with Crippen LogP contribution in [0.1, 0.15) is 37.4 Å². The molecule has 0 unspecified atom stereocenters. The molecule has 1 aliphatic carbocycles. The number of carbonyl (C=O) groups is 1. The Morgan fingerprint density at radius 1 is 1.21 bits per heavy atom. The van der Waals surface area contributed by atoms with Crippen LogP contribution < -0.4 is 10.0 Å². The average molecular weight is 433 g/mol. The summed E-state index contributed by atoms with van der Waals surface area (Å²) in [6, 6.07) is 11.7. The van der Waals surface area contributed by atoms with Crippen LogP contribution in [0.25, 0.3) is 11.0 Å². The maximum absolute atomic E-state index is 12.3. The normalized spacial score (nSPS) is 14.7. The number of aromatic nitrogens is 2. The smallest absolute Gasteiger partial charge is 0.242 e. The Hall–Kier alpha value is -2.42. The second-order valence-electron chi connectivity index (χ2n) is 7.11. The molecule has 1 aliphatic rings. The monoisotopic (exact) mass is 432 g/mol. The molecule has 3 aromatic rings. The van der Waals surface area contributed by atoms with Gasteiger partial charge in [-0.25, -0.2) is 18.1 Å². The lowest BCUT2D eigenvalue weighted by Gasteiger charge is -2.22. The third-order valence-corrected chi connectivity index (χ3v) is 7.01. The Morgan fingerprint density at radius 2 is 2.00 bits per heavy atom. The Bertz CT molecular complexity index is 1160. The molecule has 7 nitrogen and oxygen atoms in total. The highest BCUT2D eigenvalue weighted by atomic mass is 35.5. The largest absolute Gasteiger partial charge is 0.342 e. The maximum atomic E-state index is 12.3. The number of benzene rings is 2. The predicted octanol–water partition coefficient (Wildman–Crippen LogP) is 3.79. The summed E-state index contributed by atoms with van der Waals surface area (Å²) in [6.45, 7) is -0.0302. The molecule has 152 valence electrons. The molecule has 1 aromatic heterocycles. The molecule has 0 saturated heterocycles. The number of sulfonamides is 1. The van der Waals surface area contributed by atoms with Crippen LogP contribution in [-0.2, 0) is 14.8 Å². The van der Waals surface area contributed by atoms with Crippen molar-refractivity contribution in [3.8, 4) is 0 Å². The lowest BCUT2D eigenvalue weighted by Crippen LogP contribution is -2.28. The van der Waals surface area contributed by atoms with Crippen LogP contribution in [0.3, 0.4) is 0 Å². The van der Waals surface area contributed by atoms with Crippen molar-refractivity contribution < 1.29 is 13.2 Å². The van der Waals surface area contributed by atoms with Crippen molar-refractivity contribution in [1.82, 2.24) is 14.7 Å². The van der Waals surface area contributed by atoms with E-state index in [-0.39, 0.29) is 28.8 Å². The van der Waals surface area contributed by atoms with Gasteiger partial charge in [0.2, 0.25) is 15.9 Å². The second kappa shape index (κ2) is 8.14. The zero-order valence-electron chi connectivity index (χ0n) is 15.6.